The Morgan fingerprint density at radius 3 is 2.16 bits per heavy atom. The Morgan fingerprint density at radius 1 is 1.11 bits per heavy atom. The minimum Gasteiger partial charge on any atom is -0.506 e. The molecule has 4 heteroatoms. The molecule has 19 heavy (non-hydrogen) atoms. The highest BCUT2D eigenvalue weighted by Crippen LogP contribution is 2.33. The fraction of sp³-hybridized carbons (Fsp3) is 0.600. The van der Waals surface area contributed by atoms with Crippen molar-refractivity contribution in [3.63, 3.8) is 0 Å². The van der Waals surface area contributed by atoms with E-state index in [9.17, 15) is 5.11 Å². The number of benzene rings is 1. The molecule has 1 fully saturated rings. The summed E-state index contributed by atoms with van der Waals surface area (Å²) in [5.41, 5.74) is 1.18. The highest BCUT2D eigenvalue weighted by molar-refractivity contribution is 9.11. The molecule has 1 saturated carbocycles. The summed E-state index contributed by atoms with van der Waals surface area (Å²) < 4.78 is 1.48. The van der Waals surface area contributed by atoms with Gasteiger partial charge in [0.05, 0.1) is 8.95 Å². The summed E-state index contributed by atoms with van der Waals surface area (Å²) in [7, 11) is 0. The number of hydrogen-bond donors (Lipinski definition) is 2. The van der Waals surface area contributed by atoms with Gasteiger partial charge in [-0.15, -0.1) is 0 Å². The lowest BCUT2D eigenvalue weighted by atomic mass is 9.80. The maximum Gasteiger partial charge on any atom is 0.143 e. The van der Waals surface area contributed by atoms with Crippen molar-refractivity contribution in [3.8, 4) is 5.75 Å². The van der Waals surface area contributed by atoms with E-state index in [0.29, 0.717) is 6.04 Å². The number of phenols is 1. The smallest absolute Gasteiger partial charge is 0.143 e. The fourth-order valence-electron chi connectivity index (χ4n) is 3.10. The quantitative estimate of drug-likeness (QED) is 0.774. The highest BCUT2D eigenvalue weighted by atomic mass is 79.9. The lowest BCUT2D eigenvalue weighted by Crippen LogP contribution is -2.35. The number of phenolic OH excluding ortho intramolecular Hbond substituents is 1. The lowest BCUT2D eigenvalue weighted by molar-refractivity contribution is 0.238. The van der Waals surface area contributed by atoms with Crippen molar-refractivity contribution in [1.82, 2.24) is 5.32 Å². The van der Waals surface area contributed by atoms with Crippen molar-refractivity contribution >= 4 is 31.9 Å². The van der Waals surface area contributed by atoms with Crippen LogP contribution in [0.3, 0.4) is 0 Å². The van der Waals surface area contributed by atoms with Crippen LogP contribution in [0, 0.1) is 11.8 Å². The molecule has 2 unspecified atom stereocenters. The normalized spacial score (nSPS) is 27.5. The molecule has 0 heterocycles. The zero-order chi connectivity index (χ0) is 14.0. The fourth-order valence-corrected chi connectivity index (χ4v) is 4.38. The largest absolute Gasteiger partial charge is 0.506 e. The second-order valence-corrected chi connectivity index (χ2v) is 7.61. The average molecular weight is 391 g/mol. The third-order valence-corrected chi connectivity index (χ3v) is 5.06. The summed E-state index contributed by atoms with van der Waals surface area (Å²) in [6, 6.07) is 4.57. The molecule has 1 aliphatic rings. The summed E-state index contributed by atoms with van der Waals surface area (Å²) in [4.78, 5) is 0. The Morgan fingerprint density at radius 2 is 1.63 bits per heavy atom. The Labute approximate surface area is 132 Å². The van der Waals surface area contributed by atoms with Crippen LogP contribution in [0.2, 0.25) is 0 Å². The molecule has 2 nitrogen and oxygen atoms in total. The van der Waals surface area contributed by atoms with E-state index in [2.05, 4.69) is 51.0 Å². The molecule has 0 bridgehead atoms. The van der Waals surface area contributed by atoms with E-state index in [1.54, 1.807) is 0 Å². The molecule has 1 aliphatic carbocycles. The minimum atomic E-state index is 0.267. The van der Waals surface area contributed by atoms with Gasteiger partial charge >= 0.3 is 0 Å². The van der Waals surface area contributed by atoms with Gasteiger partial charge in [0.2, 0.25) is 0 Å². The van der Waals surface area contributed by atoms with Gasteiger partial charge in [-0.2, -0.15) is 0 Å². The van der Waals surface area contributed by atoms with Crippen molar-refractivity contribution in [2.24, 2.45) is 11.8 Å². The van der Waals surface area contributed by atoms with Gasteiger partial charge in [-0.3, -0.25) is 0 Å². The predicted molar refractivity (Wildman–Crippen MR) is 86.3 cm³/mol. The summed E-state index contributed by atoms with van der Waals surface area (Å²) in [5, 5.41) is 13.4. The number of rotatable bonds is 3. The van der Waals surface area contributed by atoms with Crippen molar-refractivity contribution in [2.75, 3.05) is 0 Å². The molecule has 0 radical (unpaired) electrons. The van der Waals surface area contributed by atoms with E-state index in [-0.39, 0.29) is 5.75 Å². The average Bonchev–Trinajstić information content (AvgIpc) is 2.32. The molecule has 106 valence electrons. The number of aromatic hydroxyl groups is 1. The van der Waals surface area contributed by atoms with E-state index < -0.39 is 0 Å². The van der Waals surface area contributed by atoms with E-state index in [0.717, 1.165) is 27.3 Å². The maximum absolute atomic E-state index is 9.70. The first kappa shape index (κ1) is 15.3. The van der Waals surface area contributed by atoms with Gasteiger partial charge < -0.3 is 10.4 Å². The Kier molecular flexibility index (Phi) is 5.32. The van der Waals surface area contributed by atoms with Crippen LogP contribution >= 0.6 is 31.9 Å². The molecule has 2 N–H and O–H groups in total. The number of hydrogen-bond acceptors (Lipinski definition) is 2. The first-order valence-electron chi connectivity index (χ1n) is 6.86. The van der Waals surface area contributed by atoms with E-state index in [1.165, 1.54) is 24.8 Å². The SMILES string of the molecule is CC1CC(C)CC(NCc2cc(Br)c(O)c(Br)c2)C1. The first-order valence-corrected chi connectivity index (χ1v) is 8.44. The van der Waals surface area contributed by atoms with Crippen molar-refractivity contribution in [1.29, 1.82) is 0 Å². The molecule has 1 aromatic carbocycles. The predicted octanol–water partition coefficient (Wildman–Crippen LogP) is 4.83. The monoisotopic (exact) mass is 389 g/mol. The molecule has 2 rings (SSSR count). The van der Waals surface area contributed by atoms with Crippen LogP contribution in [0.4, 0.5) is 0 Å². The third-order valence-electron chi connectivity index (χ3n) is 3.85. The minimum absolute atomic E-state index is 0.267. The summed E-state index contributed by atoms with van der Waals surface area (Å²) in [6.45, 7) is 5.54. The van der Waals surface area contributed by atoms with Crippen molar-refractivity contribution in [2.45, 2.75) is 45.7 Å². The van der Waals surface area contributed by atoms with E-state index in [4.69, 9.17) is 0 Å². The first-order chi connectivity index (χ1) is 8.95. The number of nitrogens with one attached hydrogen (secondary N) is 1. The van der Waals surface area contributed by atoms with Crippen molar-refractivity contribution < 1.29 is 5.11 Å². The molecule has 0 amide bonds. The third kappa shape index (κ3) is 4.20. The Balaban J connectivity index is 1.95. The zero-order valence-corrected chi connectivity index (χ0v) is 14.6. The zero-order valence-electron chi connectivity index (χ0n) is 11.4. The second-order valence-electron chi connectivity index (χ2n) is 5.90. The summed E-state index contributed by atoms with van der Waals surface area (Å²) in [5.74, 6) is 1.91. The second kappa shape index (κ2) is 6.59. The van der Waals surface area contributed by atoms with E-state index >= 15 is 0 Å². The molecular weight excluding hydrogens is 370 g/mol. The lowest BCUT2D eigenvalue weighted by Gasteiger charge is -2.32. The van der Waals surface area contributed by atoms with Gasteiger partial charge in [0.1, 0.15) is 5.75 Å². The molecule has 1 aromatic rings. The van der Waals surface area contributed by atoms with Gasteiger partial charge in [-0.1, -0.05) is 13.8 Å². The van der Waals surface area contributed by atoms with Crippen LogP contribution in [0.1, 0.15) is 38.7 Å². The number of halogens is 2. The Hall–Kier alpha value is -0.0600. The van der Waals surface area contributed by atoms with Gasteiger partial charge in [-0.05, 0) is 80.7 Å². The summed E-state index contributed by atoms with van der Waals surface area (Å²) in [6.07, 6.45) is 3.89. The van der Waals surface area contributed by atoms with Crippen LogP contribution in [0.15, 0.2) is 21.1 Å². The van der Waals surface area contributed by atoms with Crippen LogP contribution in [-0.4, -0.2) is 11.1 Å². The standard InChI is InChI=1S/C15H21Br2NO/c1-9-3-10(2)5-12(4-9)18-8-11-6-13(16)15(19)14(17)7-11/h6-7,9-10,12,18-19H,3-5,8H2,1-2H3. The van der Waals surface area contributed by atoms with Gasteiger partial charge in [-0.25, -0.2) is 0 Å². The van der Waals surface area contributed by atoms with Crippen LogP contribution < -0.4 is 5.32 Å². The highest BCUT2D eigenvalue weighted by Gasteiger charge is 2.23. The van der Waals surface area contributed by atoms with Gasteiger partial charge in [0.25, 0.3) is 0 Å². The molecule has 0 spiro atoms. The van der Waals surface area contributed by atoms with Crippen LogP contribution in [0.25, 0.3) is 0 Å². The molecule has 0 aromatic heterocycles. The molecule has 0 aliphatic heterocycles. The molecule has 0 saturated heterocycles. The van der Waals surface area contributed by atoms with Crippen LogP contribution in [-0.2, 0) is 6.54 Å². The maximum atomic E-state index is 9.70. The van der Waals surface area contributed by atoms with Gasteiger partial charge in [0, 0.05) is 12.6 Å². The van der Waals surface area contributed by atoms with E-state index in [1.807, 2.05) is 12.1 Å². The summed E-state index contributed by atoms with van der Waals surface area (Å²) >= 11 is 6.75. The van der Waals surface area contributed by atoms with Crippen LogP contribution in [0.5, 0.6) is 5.75 Å². The van der Waals surface area contributed by atoms with Crippen molar-refractivity contribution in [3.05, 3.63) is 26.6 Å². The van der Waals surface area contributed by atoms with Gasteiger partial charge in [0.15, 0.2) is 0 Å². The topological polar surface area (TPSA) is 32.3 Å². The molecular formula is C15H21Br2NO. The molecule has 2 atom stereocenters. The Bertz CT molecular complexity index is 417.